The van der Waals surface area contributed by atoms with Gasteiger partial charge in [0.05, 0.1) is 0 Å². The Bertz CT molecular complexity index is 768. The molecule has 27 heavy (non-hydrogen) atoms. The molecule has 2 amide bonds. The number of likely N-dealkylation sites (tertiary alicyclic amines) is 1. The summed E-state index contributed by atoms with van der Waals surface area (Å²) in [6.07, 6.45) is 5.44. The third-order valence-corrected chi connectivity index (χ3v) is 7.27. The first-order chi connectivity index (χ1) is 12.9. The van der Waals surface area contributed by atoms with E-state index in [4.69, 9.17) is 0 Å². The third-order valence-electron chi connectivity index (χ3n) is 5.38. The van der Waals surface area contributed by atoms with Crippen molar-refractivity contribution in [2.75, 3.05) is 26.2 Å². The molecule has 0 aromatic carbocycles. The minimum absolute atomic E-state index is 0.00491. The van der Waals surface area contributed by atoms with Crippen LogP contribution >= 0.6 is 0 Å². The second-order valence-corrected chi connectivity index (χ2v) is 9.09. The summed E-state index contributed by atoms with van der Waals surface area (Å²) < 4.78 is 26.7. The van der Waals surface area contributed by atoms with Crippen LogP contribution in [0, 0.1) is 5.92 Å². The van der Waals surface area contributed by atoms with Gasteiger partial charge in [0.2, 0.25) is 21.8 Å². The van der Waals surface area contributed by atoms with Crippen LogP contribution in [0.5, 0.6) is 0 Å². The van der Waals surface area contributed by atoms with Gasteiger partial charge < -0.3 is 10.2 Å². The average Bonchev–Trinajstić information content (AvgIpc) is 2.69. The van der Waals surface area contributed by atoms with Gasteiger partial charge in [-0.1, -0.05) is 0 Å². The van der Waals surface area contributed by atoms with Gasteiger partial charge in [-0.25, -0.2) is 8.42 Å². The molecule has 1 aromatic heterocycles. The number of sulfonamides is 1. The molecule has 9 heteroatoms. The summed E-state index contributed by atoms with van der Waals surface area (Å²) in [5.41, 5.74) is 0. The predicted octanol–water partition coefficient (Wildman–Crippen LogP) is 0.609. The molecule has 148 valence electrons. The standard InChI is InChI=1S/C18H26N4O4S/c1-14(23)21-9-6-16(7-10-21)20-18(24)15-4-11-22(12-5-15)27(25,26)17-3-2-8-19-13-17/h2-3,8,13,15-16H,4-7,9-12H2,1H3,(H,20,24). The Morgan fingerprint density at radius 3 is 2.33 bits per heavy atom. The Morgan fingerprint density at radius 1 is 1.11 bits per heavy atom. The number of nitrogens with one attached hydrogen (secondary N) is 1. The fourth-order valence-corrected chi connectivity index (χ4v) is 5.10. The summed E-state index contributed by atoms with van der Waals surface area (Å²) in [6.45, 7) is 3.56. The van der Waals surface area contributed by atoms with Gasteiger partial charge in [-0.2, -0.15) is 4.31 Å². The normalized spacial score (nSPS) is 20.4. The number of amides is 2. The summed E-state index contributed by atoms with van der Waals surface area (Å²) in [7, 11) is -3.55. The zero-order valence-corrected chi connectivity index (χ0v) is 16.3. The molecule has 1 N–H and O–H groups in total. The molecule has 0 saturated carbocycles. The number of hydrogen-bond acceptors (Lipinski definition) is 5. The zero-order chi connectivity index (χ0) is 19.4. The monoisotopic (exact) mass is 394 g/mol. The molecule has 0 unspecified atom stereocenters. The second kappa shape index (κ2) is 8.35. The van der Waals surface area contributed by atoms with E-state index in [9.17, 15) is 18.0 Å². The van der Waals surface area contributed by atoms with E-state index in [1.165, 1.54) is 22.8 Å². The van der Waals surface area contributed by atoms with E-state index in [0.717, 1.165) is 12.8 Å². The van der Waals surface area contributed by atoms with E-state index < -0.39 is 10.0 Å². The Hall–Kier alpha value is -2.00. The molecule has 0 spiro atoms. The van der Waals surface area contributed by atoms with Crippen LogP contribution in [-0.2, 0) is 19.6 Å². The van der Waals surface area contributed by atoms with Gasteiger partial charge in [0.15, 0.2) is 0 Å². The number of pyridine rings is 1. The molecular formula is C18H26N4O4S. The van der Waals surface area contributed by atoms with Crippen molar-refractivity contribution in [3.05, 3.63) is 24.5 Å². The second-order valence-electron chi connectivity index (χ2n) is 7.16. The minimum atomic E-state index is -3.55. The number of aromatic nitrogens is 1. The number of hydrogen-bond donors (Lipinski definition) is 1. The Kier molecular flexibility index (Phi) is 6.11. The van der Waals surface area contributed by atoms with Gasteiger partial charge >= 0.3 is 0 Å². The molecule has 2 saturated heterocycles. The van der Waals surface area contributed by atoms with Gasteiger partial charge in [-0.15, -0.1) is 0 Å². The first-order valence-electron chi connectivity index (χ1n) is 9.34. The summed E-state index contributed by atoms with van der Waals surface area (Å²) in [5.74, 6) is -0.104. The number of carbonyl (C=O) groups excluding carboxylic acids is 2. The molecule has 2 aliphatic rings. The predicted molar refractivity (Wildman–Crippen MR) is 99.1 cm³/mol. The SMILES string of the molecule is CC(=O)N1CCC(NC(=O)C2CCN(S(=O)(=O)c3cccnc3)CC2)CC1. The van der Waals surface area contributed by atoms with Crippen molar-refractivity contribution in [2.24, 2.45) is 5.92 Å². The Balaban J connectivity index is 1.49. The fraction of sp³-hybridized carbons (Fsp3) is 0.611. The highest BCUT2D eigenvalue weighted by Crippen LogP contribution is 2.24. The van der Waals surface area contributed by atoms with E-state index >= 15 is 0 Å². The first-order valence-corrected chi connectivity index (χ1v) is 10.8. The topological polar surface area (TPSA) is 99.7 Å². The van der Waals surface area contributed by atoms with Crippen LogP contribution in [0.1, 0.15) is 32.6 Å². The highest BCUT2D eigenvalue weighted by atomic mass is 32.2. The lowest BCUT2D eigenvalue weighted by Gasteiger charge is -2.34. The first kappa shape index (κ1) is 19.8. The molecule has 2 aliphatic heterocycles. The van der Waals surface area contributed by atoms with E-state index in [1.807, 2.05) is 0 Å². The van der Waals surface area contributed by atoms with Gasteiger partial charge in [-0.05, 0) is 37.8 Å². The molecule has 0 radical (unpaired) electrons. The van der Waals surface area contributed by atoms with Crippen molar-refractivity contribution >= 4 is 21.8 Å². The van der Waals surface area contributed by atoms with Crippen LogP contribution in [0.4, 0.5) is 0 Å². The summed E-state index contributed by atoms with van der Waals surface area (Å²) in [4.78, 5) is 29.8. The maximum absolute atomic E-state index is 12.6. The van der Waals surface area contributed by atoms with Crippen LogP contribution < -0.4 is 5.32 Å². The molecular weight excluding hydrogens is 368 g/mol. The van der Waals surface area contributed by atoms with Crippen molar-refractivity contribution in [3.8, 4) is 0 Å². The van der Waals surface area contributed by atoms with E-state index in [-0.39, 0.29) is 28.7 Å². The average molecular weight is 394 g/mol. The zero-order valence-electron chi connectivity index (χ0n) is 15.5. The molecule has 1 aromatic rings. The van der Waals surface area contributed by atoms with Gasteiger partial charge in [0.25, 0.3) is 0 Å². The number of nitrogens with zero attached hydrogens (tertiary/aromatic N) is 3. The van der Waals surface area contributed by atoms with E-state index in [2.05, 4.69) is 10.3 Å². The molecule has 0 aliphatic carbocycles. The van der Waals surface area contributed by atoms with Crippen LogP contribution in [0.2, 0.25) is 0 Å². The molecule has 0 bridgehead atoms. The lowest BCUT2D eigenvalue weighted by molar-refractivity contribution is -0.130. The number of piperidine rings is 2. The van der Waals surface area contributed by atoms with Gasteiger partial charge in [0, 0.05) is 57.5 Å². The number of rotatable bonds is 4. The van der Waals surface area contributed by atoms with E-state index in [1.54, 1.807) is 17.9 Å². The summed E-state index contributed by atoms with van der Waals surface area (Å²) in [6, 6.07) is 3.23. The highest BCUT2D eigenvalue weighted by Gasteiger charge is 2.33. The quantitative estimate of drug-likeness (QED) is 0.807. The van der Waals surface area contributed by atoms with Crippen molar-refractivity contribution in [1.82, 2.24) is 19.5 Å². The minimum Gasteiger partial charge on any atom is -0.353 e. The number of carbonyl (C=O) groups is 2. The van der Waals surface area contributed by atoms with Gasteiger partial charge in [0.1, 0.15) is 4.90 Å². The summed E-state index contributed by atoms with van der Waals surface area (Å²) >= 11 is 0. The molecule has 3 heterocycles. The van der Waals surface area contributed by atoms with Crippen molar-refractivity contribution in [1.29, 1.82) is 0 Å². The third kappa shape index (κ3) is 4.65. The largest absolute Gasteiger partial charge is 0.353 e. The fourth-order valence-electron chi connectivity index (χ4n) is 3.66. The van der Waals surface area contributed by atoms with Crippen molar-refractivity contribution < 1.29 is 18.0 Å². The molecule has 0 atom stereocenters. The molecule has 3 rings (SSSR count). The lowest BCUT2D eigenvalue weighted by Crippen LogP contribution is -2.49. The molecule has 8 nitrogen and oxygen atoms in total. The highest BCUT2D eigenvalue weighted by molar-refractivity contribution is 7.89. The Labute approximate surface area is 160 Å². The van der Waals surface area contributed by atoms with Crippen LogP contribution in [0.15, 0.2) is 29.4 Å². The maximum Gasteiger partial charge on any atom is 0.244 e. The Morgan fingerprint density at radius 2 is 1.78 bits per heavy atom. The van der Waals surface area contributed by atoms with E-state index in [0.29, 0.717) is 39.0 Å². The maximum atomic E-state index is 12.6. The van der Waals surface area contributed by atoms with Crippen LogP contribution in [0.3, 0.4) is 0 Å². The van der Waals surface area contributed by atoms with Crippen molar-refractivity contribution in [2.45, 2.75) is 43.5 Å². The smallest absolute Gasteiger partial charge is 0.244 e. The summed E-state index contributed by atoms with van der Waals surface area (Å²) in [5, 5.41) is 3.08. The molecule has 2 fully saturated rings. The van der Waals surface area contributed by atoms with Crippen LogP contribution in [0.25, 0.3) is 0 Å². The van der Waals surface area contributed by atoms with Crippen molar-refractivity contribution in [3.63, 3.8) is 0 Å². The van der Waals surface area contributed by atoms with Gasteiger partial charge in [-0.3, -0.25) is 14.6 Å². The lowest BCUT2D eigenvalue weighted by atomic mass is 9.96. The van der Waals surface area contributed by atoms with Crippen LogP contribution in [-0.4, -0.2) is 66.6 Å².